The maximum absolute atomic E-state index is 11.4. The average molecular weight is 206 g/mol. The highest BCUT2D eigenvalue weighted by Gasteiger charge is 2.12. The summed E-state index contributed by atoms with van der Waals surface area (Å²) in [6.45, 7) is 4.39. The normalized spacial score (nSPS) is 10.0. The molecule has 0 radical (unpaired) electrons. The van der Waals surface area contributed by atoms with Gasteiger partial charge >= 0.3 is 0 Å². The zero-order valence-corrected chi connectivity index (χ0v) is 8.87. The molecule has 15 heavy (non-hydrogen) atoms. The van der Waals surface area contributed by atoms with Gasteiger partial charge in [-0.05, 0) is 0 Å². The predicted octanol–water partition coefficient (Wildman–Crippen LogP) is 0.681. The summed E-state index contributed by atoms with van der Waals surface area (Å²) in [7, 11) is 0. The van der Waals surface area contributed by atoms with Crippen LogP contribution in [0.5, 0.6) is 0 Å². The molecule has 1 amide bonds. The van der Waals surface area contributed by atoms with Gasteiger partial charge in [-0.1, -0.05) is 13.8 Å². The Balaban J connectivity index is 2.55. The molecule has 1 aromatic rings. The van der Waals surface area contributed by atoms with Crippen molar-refractivity contribution in [2.75, 3.05) is 6.54 Å². The Morgan fingerprint density at radius 1 is 1.67 bits per heavy atom. The van der Waals surface area contributed by atoms with E-state index in [0.29, 0.717) is 18.8 Å². The number of rotatable bonds is 4. The third-order valence-electron chi connectivity index (χ3n) is 1.81. The van der Waals surface area contributed by atoms with Crippen molar-refractivity contribution in [3.63, 3.8) is 0 Å². The van der Waals surface area contributed by atoms with Gasteiger partial charge in [-0.15, -0.1) is 17.4 Å². The van der Waals surface area contributed by atoms with E-state index in [9.17, 15) is 4.79 Å². The van der Waals surface area contributed by atoms with Crippen LogP contribution in [-0.2, 0) is 0 Å². The van der Waals surface area contributed by atoms with Crippen molar-refractivity contribution in [2.45, 2.75) is 26.2 Å². The molecule has 0 aliphatic carbocycles. The largest absolute Gasteiger partial charge is 0.348 e. The Morgan fingerprint density at radius 3 is 2.93 bits per heavy atom. The van der Waals surface area contributed by atoms with Crippen molar-refractivity contribution in [2.24, 2.45) is 0 Å². The summed E-state index contributed by atoms with van der Waals surface area (Å²) in [5.74, 6) is 3.23. The number of hydrogen-bond acceptors (Lipinski definition) is 3. The summed E-state index contributed by atoms with van der Waals surface area (Å²) in [5.41, 5.74) is 0. The van der Waals surface area contributed by atoms with Crippen LogP contribution in [0.15, 0.2) is 0 Å². The minimum absolute atomic E-state index is 0.163. The van der Waals surface area contributed by atoms with Gasteiger partial charge in [-0.2, -0.15) is 0 Å². The lowest BCUT2D eigenvalue weighted by atomic mass is 10.2. The quantitative estimate of drug-likeness (QED) is 0.562. The summed E-state index contributed by atoms with van der Waals surface area (Å²) in [6, 6.07) is 0. The van der Waals surface area contributed by atoms with E-state index in [4.69, 9.17) is 6.42 Å². The molecule has 0 unspecified atom stereocenters. The molecule has 5 heteroatoms. The molecule has 0 aliphatic heterocycles. The number of terminal acetylenes is 1. The molecular weight excluding hydrogens is 192 g/mol. The SMILES string of the molecule is C#CCCNC(=O)c1n[nH]c(C(C)C)n1. The van der Waals surface area contributed by atoms with Gasteiger partial charge in [0, 0.05) is 18.9 Å². The zero-order valence-electron chi connectivity index (χ0n) is 8.87. The van der Waals surface area contributed by atoms with Crippen molar-refractivity contribution in [3.8, 4) is 12.3 Å². The van der Waals surface area contributed by atoms with Gasteiger partial charge in [-0.3, -0.25) is 9.89 Å². The smallest absolute Gasteiger partial charge is 0.290 e. The van der Waals surface area contributed by atoms with Crippen LogP contribution in [0.2, 0.25) is 0 Å². The average Bonchev–Trinajstić information content (AvgIpc) is 2.66. The van der Waals surface area contributed by atoms with Crippen molar-refractivity contribution < 1.29 is 4.79 Å². The second kappa shape index (κ2) is 5.15. The number of nitrogens with zero attached hydrogens (tertiary/aromatic N) is 2. The van der Waals surface area contributed by atoms with Crippen LogP contribution in [-0.4, -0.2) is 27.6 Å². The number of H-pyrrole nitrogens is 1. The Bertz CT molecular complexity index is 375. The topological polar surface area (TPSA) is 70.7 Å². The number of carbonyl (C=O) groups excluding carboxylic acids is 1. The second-order valence-electron chi connectivity index (χ2n) is 3.41. The molecule has 0 spiro atoms. The Kier molecular flexibility index (Phi) is 3.86. The van der Waals surface area contributed by atoms with Gasteiger partial charge in [0.05, 0.1) is 0 Å². The standard InChI is InChI=1S/C10H14N4O/c1-4-5-6-11-10(15)9-12-8(7(2)3)13-14-9/h1,7H,5-6H2,2-3H3,(H,11,15)(H,12,13,14). The molecule has 0 fully saturated rings. The first-order valence-electron chi connectivity index (χ1n) is 4.79. The highest BCUT2D eigenvalue weighted by molar-refractivity contribution is 5.90. The fraction of sp³-hybridized carbons (Fsp3) is 0.500. The first-order valence-corrected chi connectivity index (χ1v) is 4.79. The predicted molar refractivity (Wildman–Crippen MR) is 56.3 cm³/mol. The maximum Gasteiger partial charge on any atom is 0.290 e. The number of carbonyl (C=O) groups is 1. The zero-order chi connectivity index (χ0) is 11.3. The van der Waals surface area contributed by atoms with E-state index in [0.717, 1.165) is 0 Å². The van der Waals surface area contributed by atoms with Crippen LogP contribution in [0.25, 0.3) is 0 Å². The minimum Gasteiger partial charge on any atom is -0.348 e. The number of aromatic nitrogens is 3. The van der Waals surface area contributed by atoms with Gasteiger partial charge in [0.25, 0.3) is 5.91 Å². The highest BCUT2D eigenvalue weighted by atomic mass is 16.2. The molecule has 0 saturated carbocycles. The van der Waals surface area contributed by atoms with E-state index in [1.807, 2.05) is 13.8 Å². The molecule has 0 atom stereocenters. The summed E-state index contributed by atoms with van der Waals surface area (Å²) < 4.78 is 0. The molecular formula is C10H14N4O. The number of amides is 1. The minimum atomic E-state index is -0.298. The van der Waals surface area contributed by atoms with Crippen molar-refractivity contribution in [3.05, 3.63) is 11.6 Å². The first kappa shape index (κ1) is 11.2. The van der Waals surface area contributed by atoms with Gasteiger partial charge in [0.2, 0.25) is 5.82 Å². The van der Waals surface area contributed by atoms with Crippen LogP contribution in [0.4, 0.5) is 0 Å². The lowest BCUT2D eigenvalue weighted by Crippen LogP contribution is -2.25. The van der Waals surface area contributed by atoms with Crippen molar-refractivity contribution in [1.29, 1.82) is 0 Å². The third kappa shape index (κ3) is 3.09. The van der Waals surface area contributed by atoms with Crippen molar-refractivity contribution in [1.82, 2.24) is 20.5 Å². The molecule has 5 nitrogen and oxygen atoms in total. The van der Waals surface area contributed by atoms with E-state index in [1.54, 1.807) is 0 Å². The van der Waals surface area contributed by atoms with Gasteiger partial charge < -0.3 is 5.32 Å². The van der Waals surface area contributed by atoms with E-state index in [2.05, 4.69) is 26.4 Å². The first-order chi connectivity index (χ1) is 7.15. The second-order valence-corrected chi connectivity index (χ2v) is 3.41. The molecule has 0 aliphatic rings. The number of hydrogen-bond donors (Lipinski definition) is 2. The molecule has 0 saturated heterocycles. The van der Waals surface area contributed by atoms with Crippen LogP contribution in [0.1, 0.15) is 42.6 Å². The van der Waals surface area contributed by atoms with Crippen LogP contribution >= 0.6 is 0 Å². The Morgan fingerprint density at radius 2 is 2.40 bits per heavy atom. The van der Waals surface area contributed by atoms with Crippen LogP contribution in [0, 0.1) is 12.3 Å². The number of aromatic amines is 1. The fourth-order valence-corrected chi connectivity index (χ4v) is 0.961. The maximum atomic E-state index is 11.4. The fourth-order valence-electron chi connectivity index (χ4n) is 0.961. The van der Waals surface area contributed by atoms with Crippen LogP contribution < -0.4 is 5.32 Å². The molecule has 0 bridgehead atoms. The summed E-state index contributed by atoms with van der Waals surface area (Å²) >= 11 is 0. The molecule has 1 heterocycles. The molecule has 2 N–H and O–H groups in total. The van der Waals surface area contributed by atoms with E-state index in [1.165, 1.54) is 0 Å². The highest BCUT2D eigenvalue weighted by Crippen LogP contribution is 2.07. The van der Waals surface area contributed by atoms with Gasteiger partial charge in [0.15, 0.2) is 0 Å². The van der Waals surface area contributed by atoms with Crippen LogP contribution in [0.3, 0.4) is 0 Å². The molecule has 1 aromatic heterocycles. The van der Waals surface area contributed by atoms with Crippen molar-refractivity contribution >= 4 is 5.91 Å². The van der Waals surface area contributed by atoms with E-state index in [-0.39, 0.29) is 17.6 Å². The lowest BCUT2D eigenvalue weighted by molar-refractivity contribution is 0.0944. The van der Waals surface area contributed by atoms with Gasteiger partial charge in [0.1, 0.15) is 5.82 Å². The monoisotopic (exact) mass is 206 g/mol. The number of nitrogens with one attached hydrogen (secondary N) is 2. The van der Waals surface area contributed by atoms with E-state index >= 15 is 0 Å². The lowest BCUT2D eigenvalue weighted by Gasteiger charge is -1.98. The summed E-state index contributed by atoms with van der Waals surface area (Å²) in [6.07, 6.45) is 5.57. The third-order valence-corrected chi connectivity index (χ3v) is 1.81. The summed E-state index contributed by atoms with van der Waals surface area (Å²) in [5, 5.41) is 9.16. The Hall–Kier alpha value is -1.83. The molecule has 80 valence electrons. The molecule has 1 rings (SSSR count). The Labute approximate surface area is 88.7 Å². The van der Waals surface area contributed by atoms with Gasteiger partial charge in [-0.25, -0.2) is 4.98 Å². The van der Waals surface area contributed by atoms with E-state index < -0.39 is 0 Å². The molecule has 0 aromatic carbocycles. The summed E-state index contributed by atoms with van der Waals surface area (Å²) in [4.78, 5) is 15.5.